The van der Waals surface area contributed by atoms with Crippen molar-refractivity contribution in [2.45, 2.75) is 63.8 Å². The molecule has 2 aliphatic rings. The average molecular weight is 557 g/mol. The van der Waals surface area contributed by atoms with Crippen molar-refractivity contribution in [3.63, 3.8) is 0 Å². The number of carbonyl (C=O) groups is 2. The lowest BCUT2D eigenvalue weighted by molar-refractivity contribution is -0.153. The first-order valence-electron chi connectivity index (χ1n) is 12.5. The second-order valence-electron chi connectivity index (χ2n) is 10.0. The van der Waals surface area contributed by atoms with Gasteiger partial charge in [0.2, 0.25) is 5.91 Å². The number of rotatable bonds is 12. The number of hydrogen-bond donors (Lipinski definition) is 2. The van der Waals surface area contributed by atoms with Crippen LogP contribution in [0.2, 0.25) is 0 Å². The first-order chi connectivity index (χ1) is 17.9. The summed E-state index contributed by atoms with van der Waals surface area (Å²) in [5.41, 5.74) is 2.35. The number of halogens is 3. The van der Waals surface area contributed by atoms with Crippen LogP contribution in [0.15, 0.2) is 24.3 Å². The van der Waals surface area contributed by atoms with Gasteiger partial charge in [0.15, 0.2) is 16.4 Å². The molecule has 2 N–H and O–H groups in total. The molecule has 1 aromatic carbocycles. The van der Waals surface area contributed by atoms with Crippen molar-refractivity contribution in [2.24, 2.45) is 5.92 Å². The van der Waals surface area contributed by atoms with Gasteiger partial charge < -0.3 is 15.4 Å². The fourth-order valence-electron chi connectivity index (χ4n) is 4.52. The van der Waals surface area contributed by atoms with Gasteiger partial charge in [-0.25, -0.2) is 8.42 Å². The summed E-state index contributed by atoms with van der Waals surface area (Å²) in [5.74, 6) is -0.842. The number of nitrogens with one attached hydrogen (secondary N) is 2. The lowest BCUT2D eigenvalue weighted by Gasteiger charge is -2.23. The van der Waals surface area contributed by atoms with Gasteiger partial charge in [-0.1, -0.05) is 25.0 Å². The second-order valence-corrected chi connectivity index (χ2v) is 12.2. The minimum Gasteiger partial charge on any atom is -0.484 e. The van der Waals surface area contributed by atoms with Gasteiger partial charge in [-0.3, -0.25) is 14.3 Å². The Labute approximate surface area is 219 Å². The van der Waals surface area contributed by atoms with E-state index < -0.39 is 34.3 Å². The van der Waals surface area contributed by atoms with Crippen LogP contribution in [0.25, 0.3) is 0 Å². The van der Waals surface area contributed by atoms with E-state index in [2.05, 4.69) is 15.7 Å². The third kappa shape index (κ3) is 8.20. The Morgan fingerprint density at radius 2 is 2.03 bits per heavy atom. The number of fused-ring (bicyclic) bond motifs is 1. The highest BCUT2D eigenvalue weighted by molar-refractivity contribution is 7.91. The first kappa shape index (κ1) is 27.9. The number of nitrogens with zero attached hydrogens (tertiary/aromatic N) is 2. The predicted molar refractivity (Wildman–Crippen MR) is 132 cm³/mol. The summed E-state index contributed by atoms with van der Waals surface area (Å²) in [4.78, 5) is 25.2. The lowest BCUT2D eigenvalue weighted by atomic mass is 9.95. The Morgan fingerprint density at radius 1 is 1.26 bits per heavy atom. The van der Waals surface area contributed by atoms with Crippen molar-refractivity contribution < 1.29 is 35.9 Å². The molecule has 0 bridgehead atoms. The minimum atomic E-state index is -4.42. The Balaban J connectivity index is 1.42. The highest BCUT2D eigenvalue weighted by Crippen LogP contribution is 2.33. The summed E-state index contributed by atoms with van der Waals surface area (Å²) in [6.45, 7) is -0.778. The Kier molecular flexibility index (Phi) is 8.34. The molecule has 1 aromatic heterocycles. The third-order valence-corrected chi connectivity index (χ3v) is 7.29. The molecule has 0 spiro atoms. The van der Waals surface area contributed by atoms with Crippen molar-refractivity contribution >= 4 is 21.7 Å². The summed E-state index contributed by atoms with van der Waals surface area (Å²) in [6, 6.07) is 6.22. The molecule has 2 heterocycles. The van der Waals surface area contributed by atoms with Crippen LogP contribution in [-0.4, -0.2) is 60.8 Å². The monoisotopic (exact) mass is 556 g/mol. The molecule has 1 aliphatic carbocycles. The molecule has 9 nitrogen and oxygen atoms in total. The second kappa shape index (κ2) is 11.3. The van der Waals surface area contributed by atoms with Crippen LogP contribution >= 0.6 is 0 Å². The highest BCUT2D eigenvalue weighted by atomic mass is 32.2. The number of benzene rings is 1. The van der Waals surface area contributed by atoms with E-state index in [-0.39, 0.29) is 24.2 Å². The average Bonchev–Trinajstić information content (AvgIpc) is 3.57. The maximum Gasteiger partial charge on any atom is 0.422 e. The standard InChI is InChI=1S/C25H31F3N4O5S/c1-38(35,36)14-22(33)29-13-21-23-20(31-32(21)10-9-16-5-6-16)12-18(30-24(23)34)8-7-17-3-2-4-19(11-17)37-15-25(26,27)28/h2-4,11,16,18H,5-10,12-15H2,1H3,(H,29,33)(H,30,34)/t18-/m0/s1. The van der Waals surface area contributed by atoms with Crippen LogP contribution in [0.3, 0.4) is 0 Å². The fourth-order valence-corrected chi connectivity index (χ4v) is 5.10. The molecule has 2 amide bonds. The minimum absolute atomic E-state index is 0.00976. The number of ether oxygens (including phenoxy) is 1. The summed E-state index contributed by atoms with van der Waals surface area (Å²) >= 11 is 0. The summed E-state index contributed by atoms with van der Waals surface area (Å²) in [5, 5.41) is 10.3. The van der Waals surface area contributed by atoms with E-state index in [0.717, 1.165) is 31.1 Å². The number of aryl methyl sites for hydroxylation is 2. The normalized spacial score (nSPS) is 17.6. The topological polar surface area (TPSA) is 119 Å². The van der Waals surface area contributed by atoms with E-state index >= 15 is 0 Å². The van der Waals surface area contributed by atoms with Crippen LogP contribution in [-0.2, 0) is 40.6 Å². The molecule has 1 aliphatic heterocycles. The summed E-state index contributed by atoms with van der Waals surface area (Å²) in [7, 11) is -3.49. The summed E-state index contributed by atoms with van der Waals surface area (Å²) < 4.78 is 66.8. The van der Waals surface area contributed by atoms with Gasteiger partial charge in [-0.15, -0.1) is 0 Å². The quantitative estimate of drug-likeness (QED) is 0.415. The van der Waals surface area contributed by atoms with Gasteiger partial charge in [0, 0.05) is 25.3 Å². The Hall–Kier alpha value is -3.09. The molecule has 1 saturated carbocycles. The number of carbonyl (C=O) groups excluding carboxylic acids is 2. The van der Waals surface area contributed by atoms with Crippen molar-refractivity contribution in [3.8, 4) is 5.75 Å². The van der Waals surface area contributed by atoms with Gasteiger partial charge in [0.1, 0.15) is 11.5 Å². The lowest BCUT2D eigenvalue weighted by Crippen LogP contribution is -2.42. The van der Waals surface area contributed by atoms with Gasteiger partial charge in [0.05, 0.1) is 23.5 Å². The Morgan fingerprint density at radius 3 is 2.71 bits per heavy atom. The Bertz CT molecular complexity index is 1290. The number of sulfone groups is 1. The highest BCUT2D eigenvalue weighted by Gasteiger charge is 2.32. The molecular formula is C25H31F3N4O5S. The largest absolute Gasteiger partial charge is 0.484 e. The van der Waals surface area contributed by atoms with E-state index in [1.165, 1.54) is 6.07 Å². The number of alkyl halides is 3. The van der Waals surface area contributed by atoms with Crippen LogP contribution in [0.1, 0.15) is 53.0 Å². The van der Waals surface area contributed by atoms with Crippen molar-refractivity contribution in [2.75, 3.05) is 18.6 Å². The molecule has 1 atom stereocenters. The molecule has 4 rings (SSSR count). The zero-order valence-corrected chi connectivity index (χ0v) is 21.8. The van der Waals surface area contributed by atoms with Gasteiger partial charge >= 0.3 is 6.18 Å². The smallest absolute Gasteiger partial charge is 0.422 e. The number of aromatic nitrogens is 2. The van der Waals surface area contributed by atoms with Crippen LogP contribution in [0.5, 0.6) is 5.75 Å². The molecule has 38 heavy (non-hydrogen) atoms. The molecule has 0 unspecified atom stereocenters. The maximum atomic E-state index is 13.1. The van der Waals surface area contributed by atoms with Crippen molar-refractivity contribution in [1.29, 1.82) is 0 Å². The SMILES string of the molecule is CS(=O)(=O)CC(=O)NCc1c2c(nn1CCC1CC1)C[C@H](CCc1cccc(OCC(F)(F)F)c1)NC2=O. The first-order valence-corrected chi connectivity index (χ1v) is 14.5. The fraction of sp³-hybridized carbons (Fsp3) is 0.560. The number of amides is 2. The molecule has 1 fully saturated rings. The van der Waals surface area contributed by atoms with E-state index in [9.17, 15) is 31.2 Å². The molecule has 0 saturated heterocycles. The molecule has 2 aromatic rings. The van der Waals surface area contributed by atoms with Gasteiger partial charge in [-0.2, -0.15) is 18.3 Å². The maximum absolute atomic E-state index is 13.1. The van der Waals surface area contributed by atoms with Crippen molar-refractivity contribution in [1.82, 2.24) is 20.4 Å². The van der Waals surface area contributed by atoms with Gasteiger partial charge in [-0.05, 0) is 42.9 Å². The number of hydrogen-bond acceptors (Lipinski definition) is 6. The summed E-state index contributed by atoms with van der Waals surface area (Å²) in [6.07, 6.45) is 1.31. The zero-order chi connectivity index (χ0) is 27.5. The van der Waals surface area contributed by atoms with Crippen molar-refractivity contribution in [3.05, 3.63) is 46.8 Å². The predicted octanol–water partition coefficient (Wildman–Crippen LogP) is 2.57. The zero-order valence-electron chi connectivity index (χ0n) is 21.0. The van der Waals surface area contributed by atoms with E-state index in [4.69, 9.17) is 4.74 Å². The van der Waals surface area contributed by atoms with E-state index in [1.54, 1.807) is 22.9 Å². The molecular weight excluding hydrogens is 525 g/mol. The van der Waals surface area contributed by atoms with Crippen LogP contribution in [0, 0.1) is 5.92 Å². The molecule has 13 heteroatoms. The van der Waals surface area contributed by atoms with E-state index in [0.29, 0.717) is 48.7 Å². The molecule has 0 radical (unpaired) electrons. The van der Waals surface area contributed by atoms with E-state index in [1.807, 2.05) is 0 Å². The molecule has 208 valence electrons. The van der Waals surface area contributed by atoms with Crippen LogP contribution in [0.4, 0.5) is 13.2 Å². The van der Waals surface area contributed by atoms with Crippen LogP contribution < -0.4 is 15.4 Å². The van der Waals surface area contributed by atoms with Gasteiger partial charge in [0.25, 0.3) is 5.91 Å². The third-order valence-electron chi connectivity index (χ3n) is 6.51.